The Morgan fingerprint density at radius 1 is 1.50 bits per heavy atom. The molecule has 1 saturated heterocycles. The van der Waals surface area contributed by atoms with Crippen molar-refractivity contribution in [1.29, 1.82) is 0 Å². The smallest absolute Gasteiger partial charge is 0.122 e. The van der Waals surface area contributed by atoms with Gasteiger partial charge in [-0.25, -0.2) is 4.98 Å². The minimum absolute atomic E-state index is 0.262. The number of aryl methyl sites for hydroxylation is 1. The summed E-state index contributed by atoms with van der Waals surface area (Å²) >= 11 is 1.84. The minimum atomic E-state index is 0.262. The van der Waals surface area contributed by atoms with Gasteiger partial charge in [-0.1, -0.05) is 27.2 Å². The zero-order valence-corrected chi connectivity index (χ0v) is 12.5. The van der Waals surface area contributed by atoms with Crippen molar-refractivity contribution in [3.63, 3.8) is 0 Å². The quantitative estimate of drug-likeness (QED) is 0.858. The summed E-state index contributed by atoms with van der Waals surface area (Å²) in [5.74, 6) is 0. The van der Waals surface area contributed by atoms with Crippen molar-refractivity contribution >= 4 is 11.3 Å². The van der Waals surface area contributed by atoms with Crippen LogP contribution in [0.1, 0.15) is 61.7 Å². The summed E-state index contributed by atoms with van der Waals surface area (Å²) in [5.41, 5.74) is 1.28. The van der Waals surface area contributed by atoms with Gasteiger partial charge in [0, 0.05) is 24.1 Å². The highest BCUT2D eigenvalue weighted by atomic mass is 32.1. The van der Waals surface area contributed by atoms with Crippen LogP contribution in [0, 0.1) is 0 Å². The first-order valence-electron chi connectivity index (χ1n) is 7.04. The van der Waals surface area contributed by atoms with Gasteiger partial charge >= 0.3 is 0 Å². The summed E-state index contributed by atoms with van der Waals surface area (Å²) in [6.07, 6.45) is 4.81. The molecule has 2 rings (SSSR count). The molecule has 0 saturated carbocycles. The summed E-state index contributed by atoms with van der Waals surface area (Å²) in [5, 5.41) is 4.69. The lowest BCUT2D eigenvalue weighted by molar-refractivity contribution is 0.111. The molecule has 1 N–H and O–H groups in total. The van der Waals surface area contributed by atoms with Crippen molar-refractivity contribution in [2.24, 2.45) is 0 Å². The van der Waals surface area contributed by atoms with Crippen LogP contribution in [0.4, 0.5) is 0 Å². The average Bonchev–Trinajstić information content (AvgIpc) is 2.95. The van der Waals surface area contributed by atoms with Gasteiger partial charge in [-0.3, -0.25) is 0 Å². The van der Waals surface area contributed by atoms with Crippen molar-refractivity contribution in [2.75, 3.05) is 6.61 Å². The van der Waals surface area contributed by atoms with Crippen LogP contribution in [0.5, 0.6) is 0 Å². The van der Waals surface area contributed by atoms with Gasteiger partial charge in [0.25, 0.3) is 0 Å². The van der Waals surface area contributed by atoms with E-state index in [9.17, 15) is 0 Å². The monoisotopic (exact) mass is 268 g/mol. The predicted molar refractivity (Wildman–Crippen MR) is 76.0 cm³/mol. The lowest BCUT2D eigenvalue weighted by Gasteiger charge is -2.07. The molecule has 102 valence electrons. The average molecular weight is 268 g/mol. The van der Waals surface area contributed by atoms with Crippen LogP contribution in [0.25, 0.3) is 0 Å². The Bertz CT molecular complexity index is 370. The molecule has 1 atom stereocenters. The summed E-state index contributed by atoms with van der Waals surface area (Å²) in [6.45, 7) is 8.41. The van der Waals surface area contributed by atoms with Gasteiger partial charge in [0.05, 0.1) is 5.69 Å². The molecule has 0 aromatic carbocycles. The summed E-state index contributed by atoms with van der Waals surface area (Å²) in [7, 11) is 0. The zero-order chi connectivity index (χ0) is 13.0. The van der Waals surface area contributed by atoms with E-state index in [0.717, 1.165) is 32.4 Å². The molecule has 0 spiro atoms. The normalized spacial score (nSPS) is 19.9. The molecule has 0 amide bonds. The number of hydrogen-bond acceptors (Lipinski definition) is 4. The highest BCUT2D eigenvalue weighted by Gasteiger charge is 2.23. The first-order chi connectivity index (χ1) is 8.70. The largest absolute Gasteiger partial charge is 0.371 e. The fraction of sp³-hybridized carbons (Fsp3) is 0.786. The third-order valence-corrected chi connectivity index (χ3v) is 4.35. The van der Waals surface area contributed by atoms with E-state index < -0.39 is 0 Å². The Morgan fingerprint density at radius 2 is 2.33 bits per heavy atom. The Balaban J connectivity index is 2.09. The number of ether oxygens (including phenoxy) is 1. The van der Waals surface area contributed by atoms with Gasteiger partial charge in [-0.15, -0.1) is 11.3 Å². The maximum Gasteiger partial charge on any atom is 0.122 e. The van der Waals surface area contributed by atoms with Crippen LogP contribution in [-0.4, -0.2) is 17.6 Å². The lowest BCUT2D eigenvalue weighted by Crippen LogP contribution is -2.21. The van der Waals surface area contributed by atoms with Crippen LogP contribution < -0.4 is 5.32 Å². The van der Waals surface area contributed by atoms with Crippen LogP contribution in [0.2, 0.25) is 0 Å². The van der Waals surface area contributed by atoms with Crippen molar-refractivity contribution in [3.8, 4) is 0 Å². The molecule has 1 aromatic heterocycles. The molecule has 18 heavy (non-hydrogen) atoms. The van der Waals surface area contributed by atoms with Crippen molar-refractivity contribution < 1.29 is 4.74 Å². The second kappa shape index (κ2) is 6.64. The molecule has 0 aliphatic carbocycles. The third kappa shape index (κ3) is 3.53. The topological polar surface area (TPSA) is 34.1 Å². The molecule has 1 aromatic rings. The van der Waals surface area contributed by atoms with Gasteiger partial charge in [-0.05, 0) is 19.3 Å². The maximum atomic E-state index is 5.74. The molecular weight excluding hydrogens is 244 g/mol. The summed E-state index contributed by atoms with van der Waals surface area (Å²) < 4.78 is 5.74. The number of nitrogens with zero attached hydrogens (tertiary/aromatic N) is 1. The molecule has 1 unspecified atom stereocenters. The molecule has 0 radical (unpaired) electrons. The van der Waals surface area contributed by atoms with E-state index in [2.05, 4.69) is 26.1 Å². The number of rotatable bonds is 6. The molecule has 1 fully saturated rings. The van der Waals surface area contributed by atoms with E-state index in [1.807, 2.05) is 11.3 Å². The van der Waals surface area contributed by atoms with Gasteiger partial charge in [0.15, 0.2) is 0 Å². The van der Waals surface area contributed by atoms with E-state index in [-0.39, 0.29) is 6.10 Å². The van der Waals surface area contributed by atoms with Crippen molar-refractivity contribution in [1.82, 2.24) is 10.3 Å². The Kier molecular flexibility index (Phi) is 5.15. The fourth-order valence-corrected chi connectivity index (χ4v) is 3.33. The van der Waals surface area contributed by atoms with Gasteiger partial charge in [-0.2, -0.15) is 0 Å². The molecule has 3 nitrogen and oxygen atoms in total. The van der Waals surface area contributed by atoms with Crippen LogP contribution in [0.15, 0.2) is 0 Å². The zero-order valence-electron chi connectivity index (χ0n) is 11.7. The SMILES string of the molecule is CCCc1nc(C2CCCO2)sc1CNC(C)C. The molecule has 2 heterocycles. The Morgan fingerprint density at radius 3 is 2.94 bits per heavy atom. The Labute approximate surface area is 114 Å². The second-order valence-corrected chi connectivity index (χ2v) is 6.32. The van der Waals surface area contributed by atoms with Gasteiger partial charge in [0.1, 0.15) is 11.1 Å². The first kappa shape index (κ1) is 14.0. The second-order valence-electron chi connectivity index (χ2n) is 5.21. The van der Waals surface area contributed by atoms with Crippen molar-refractivity contribution in [3.05, 3.63) is 15.6 Å². The van der Waals surface area contributed by atoms with E-state index in [1.165, 1.54) is 22.0 Å². The van der Waals surface area contributed by atoms with E-state index in [1.54, 1.807) is 0 Å². The number of thiazole rings is 1. The van der Waals surface area contributed by atoms with Crippen LogP contribution in [0.3, 0.4) is 0 Å². The molecule has 0 bridgehead atoms. The van der Waals surface area contributed by atoms with E-state index >= 15 is 0 Å². The standard InChI is InChI=1S/C14H24N2OS/c1-4-6-11-13(9-15-10(2)3)18-14(16-11)12-7-5-8-17-12/h10,12,15H,4-9H2,1-3H3. The summed E-state index contributed by atoms with van der Waals surface area (Å²) in [4.78, 5) is 6.21. The highest BCUT2D eigenvalue weighted by Crippen LogP contribution is 2.33. The molecule has 4 heteroatoms. The molecular formula is C14H24N2OS. The number of aromatic nitrogens is 1. The maximum absolute atomic E-state index is 5.74. The number of hydrogen-bond donors (Lipinski definition) is 1. The first-order valence-corrected chi connectivity index (χ1v) is 7.85. The lowest BCUT2D eigenvalue weighted by atomic mass is 10.2. The van der Waals surface area contributed by atoms with Gasteiger partial charge in [0.2, 0.25) is 0 Å². The minimum Gasteiger partial charge on any atom is -0.371 e. The van der Waals surface area contributed by atoms with Crippen LogP contribution in [-0.2, 0) is 17.7 Å². The Hall–Kier alpha value is -0.450. The fourth-order valence-electron chi connectivity index (χ4n) is 2.18. The van der Waals surface area contributed by atoms with Crippen molar-refractivity contribution in [2.45, 2.75) is 65.1 Å². The number of nitrogens with one attached hydrogen (secondary N) is 1. The van der Waals surface area contributed by atoms with E-state index in [0.29, 0.717) is 6.04 Å². The summed E-state index contributed by atoms with van der Waals surface area (Å²) in [6, 6.07) is 0.521. The highest BCUT2D eigenvalue weighted by molar-refractivity contribution is 7.11. The third-order valence-electron chi connectivity index (χ3n) is 3.16. The van der Waals surface area contributed by atoms with E-state index in [4.69, 9.17) is 9.72 Å². The predicted octanol–water partition coefficient (Wildman–Crippen LogP) is 3.45. The molecule has 1 aliphatic rings. The molecule has 1 aliphatic heterocycles. The van der Waals surface area contributed by atoms with Crippen LogP contribution >= 0.6 is 11.3 Å². The van der Waals surface area contributed by atoms with Gasteiger partial charge < -0.3 is 10.1 Å².